The number of rotatable bonds is 6. The van der Waals surface area contributed by atoms with E-state index in [9.17, 15) is 4.79 Å². The first-order valence-electron chi connectivity index (χ1n) is 5.64. The lowest BCUT2D eigenvalue weighted by molar-refractivity contribution is 0.108. The molecular formula is C13H17ClO3. The second-order valence-electron chi connectivity index (χ2n) is 4.07. The summed E-state index contributed by atoms with van der Waals surface area (Å²) >= 11 is 5.42. The van der Waals surface area contributed by atoms with E-state index in [-0.39, 0.29) is 0 Å². The Morgan fingerprint density at radius 3 is 2.53 bits per heavy atom. The minimum atomic E-state index is -0.499. The number of hydrogen-bond donors (Lipinski definition) is 0. The van der Waals surface area contributed by atoms with E-state index >= 15 is 0 Å². The predicted molar refractivity (Wildman–Crippen MR) is 68.1 cm³/mol. The first kappa shape index (κ1) is 13.8. The molecule has 0 heterocycles. The molecule has 0 spiro atoms. The number of carbonyl (C=O) groups is 1. The van der Waals surface area contributed by atoms with Crippen molar-refractivity contribution in [3.05, 3.63) is 23.8 Å². The van der Waals surface area contributed by atoms with Crippen LogP contribution in [0.3, 0.4) is 0 Å². The summed E-state index contributed by atoms with van der Waals surface area (Å²) in [5.74, 6) is 1.63. The highest BCUT2D eigenvalue weighted by atomic mass is 35.5. The van der Waals surface area contributed by atoms with Crippen LogP contribution in [-0.2, 0) is 0 Å². The van der Waals surface area contributed by atoms with Crippen LogP contribution in [0.15, 0.2) is 18.2 Å². The van der Waals surface area contributed by atoms with Crippen molar-refractivity contribution < 1.29 is 14.3 Å². The minimum absolute atomic E-state index is 0.409. The topological polar surface area (TPSA) is 35.5 Å². The molecule has 17 heavy (non-hydrogen) atoms. The second-order valence-corrected chi connectivity index (χ2v) is 4.42. The van der Waals surface area contributed by atoms with Gasteiger partial charge in [0.05, 0.1) is 13.2 Å². The van der Waals surface area contributed by atoms with Gasteiger partial charge in [-0.2, -0.15) is 0 Å². The third-order valence-electron chi connectivity index (χ3n) is 2.04. The molecule has 0 amide bonds. The second kappa shape index (κ2) is 6.50. The van der Waals surface area contributed by atoms with Gasteiger partial charge in [0.2, 0.25) is 0 Å². The number of hydrogen-bond acceptors (Lipinski definition) is 3. The quantitative estimate of drug-likeness (QED) is 0.731. The molecule has 0 unspecified atom stereocenters. The highest BCUT2D eigenvalue weighted by molar-refractivity contribution is 6.67. The zero-order valence-electron chi connectivity index (χ0n) is 10.3. The predicted octanol–water partition coefficient (Wildman–Crippen LogP) is 3.50. The van der Waals surface area contributed by atoms with Crippen molar-refractivity contribution in [3.8, 4) is 11.5 Å². The van der Waals surface area contributed by atoms with Crippen molar-refractivity contribution in [2.45, 2.75) is 20.8 Å². The first-order valence-corrected chi connectivity index (χ1v) is 6.01. The maximum Gasteiger partial charge on any atom is 0.252 e. The van der Waals surface area contributed by atoms with Crippen molar-refractivity contribution in [2.75, 3.05) is 13.2 Å². The van der Waals surface area contributed by atoms with E-state index in [1.54, 1.807) is 18.2 Å². The summed E-state index contributed by atoms with van der Waals surface area (Å²) in [5.41, 5.74) is 0.409. The minimum Gasteiger partial charge on any atom is -0.490 e. The average Bonchev–Trinajstić information content (AvgIpc) is 2.27. The Morgan fingerprint density at radius 1 is 1.29 bits per heavy atom. The Kier molecular flexibility index (Phi) is 5.29. The molecule has 4 heteroatoms. The van der Waals surface area contributed by atoms with Gasteiger partial charge in [0.15, 0.2) is 11.5 Å². The number of benzene rings is 1. The Bertz CT molecular complexity index is 388. The number of halogens is 1. The zero-order chi connectivity index (χ0) is 12.8. The van der Waals surface area contributed by atoms with Crippen LogP contribution < -0.4 is 9.47 Å². The van der Waals surface area contributed by atoms with Gasteiger partial charge in [-0.15, -0.1) is 0 Å². The van der Waals surface area contributed by atoms with Gasteiger partial charge >= 0.3 is 0 Å². The smallest absolute Gasteiger partial charge is 0.252 e. The third-order valence-corrected chi connectivity index (χ3v) is 2.26. The van der Waals surface area contributed by atoms with Gasteiger partial charge in [-0.1, -0.05) is 13.8 Å². The van der Waals surface area contributed by atoms with Gasteiger partial charge in [-0.25, -0.2) is 0 Å². The van der Waals surface area contributed by atoms with E-state index < -0.39 is 5.24 Å². The van der Waals surface area contributed by atoms with Gasteiger partial charge in [-0.05, 0) is 42.6 Å². The van der Waals surface area contributed by atoms with Crippen molar-refractivity contribution in [3.63, 3.8) is 0 Å². The summed E-state index contributed by atoms with van der Waals surface area (Å²) in [6.45, 7) is 7.13. The van der Waals surface area contributed by atoms with Gasteiger partial charge in [0.25, 0.3) is 5.24 Å². The highest BCUT2D eigenvalue weighted by Crippen LogP contribution is 2.29. The maximum atomic E-state index is 11.0. The molecule has 0 atom stereocenters. The summed E-state index contributed by atoms with van der Waals surface area (Å²) in [4.78, 5) is 11.0. The van der Waals surface area contributed by atoms with E-state index in [1.807, 2.05) is 6.92 Å². The first-order chi connectivity index (χ1) is 8.04. The highest BCUT2D eigenvalue weighted by Gasteiger charge is 2.10. The molecule has 0 aliphatic rings. The van der Waals surface area contributed by atoms with E-state index in [0.29, 0.717) is 36.2 Å². The van der Waals surface area contributed by atoms with Gasteiger partial charge in [0.1, 0.15) is 0 Å². The molecule has 1 aromatic carbocycles. The molecule has 94 valence electrons. The van der Waals surface area contributed by atoms with Crippen LogP contribution in [0, 0.1) is 5.92 Å². The van der Waals surface area contributed by atoms with Gasteiger partial charge in [-0.3, -0.25) is 4.79 Å². The van der Waals surface area contributed by atoms with Crippen molar-refractivity contribution in [2.24, 2.45) is 5.92 Å². The van der Waals surface area contributed by atoms with Crippen LogP contribution in [0.4, 0.5) is 0 Å². The molecule has 0 radical (unpaired) electrons. The molecule has 0 aromatic heterocycles. The van der Waals surface area contributed by atoms with Crippen molar-refractivity contribution >= 4 is 16.8 Å². The lowest BCUT2D eigenvalue weighted by Gasteiger charge is -2.13. The number of carbonyl (C=O) groups excluding carboxylic acids is 1. The molecule has 0 saturated carbocycles. The number of ether oxygens (including phenoxy) is 2. The Hall–Kier alpha value is -1.22. The van der Waals surface area contributed by atoms with E-state index in [0.717, 1.165) is 0 Å². The summed E-state index contributed by atoms with van der Waals surface area (Å²) in [5, 5.41) is -0.499. The Labute approximate surface area is 107 Å². The SMILES string of the molecule is CCOc1cc(C(=O)Cl)ccc1OCC(C)C. The van der Waals surface area contributed by atoms with Crippen LogP contribution in [0.5, 0.6) is 11.5 Å². The van der Waals surface area contributed by atoms with Crippen LogP contribution >= 0.6 is 11.6 Å². The van der Waals surface area contributed by atoms with Crippen LogP contribution in [0.1, 0.15) is 31.1 Å². The summed E-state index contributed by atoms with van der Waals surface area (Å²) in [6.07, 6.45) is 0. The molecular weight excluding hydrogens is 240 g/mol. The van der Waals surface area contributed by atoms with E-state index in [1.165, 1.54) is 0 Å². The summed E-state index contributed by atoms with van der Waals surface area (Å²) in [7, 11) is 0. The van der Waals surface area contributed by atoms with Gasteiger partial charge < -0.3 is 9.47 Å². The summed E-state index contributed by atoms with van der Waals surface area (Å²) < 4.78 is 11.0. The maximum absolute atomic E-state index is 11.0. The molecule has 3 nitrogen and oxygen atoms in total. The van der Waals surface area contributed by atoms with Crippen molar-refractivity contribution in [1.29, 1.82) is 0 Å². The monoisotopic (exact) mass is 256 g/mol. The molecule has 0 bridgehead atoms. The molecule has 0 aliphatic heterocycles. The van der Waals surface area contributed by atoms with Gasteiger partial charge in [0, 0.05) is 5.56 Å². The molecule has 0 saturated heterocycles. The van der Waals surface area contributed by atoms with E-state index in [4.69, 9.17) is 21.1 Å². The van der Waals surface area contributed by atoms with Crippen LogP contribution in [-0.4, -0.2) is 18.5 Å². The standard InChI is InChI=1S/C13H17ClO3/c1-4-16-12-7-10(13(14)15)5-6-11(12)17-8-9(2)3/h5-7,9H,4,8H2,1-3H3. The van der Waals surface area contributed by atoms with Crippen molar-refractivity contribution in [1.82, 2.24) is 0 Å². The van der Waals surface area contributed by atoms with E-state index in [2.05, 4.69) is 13.8 Å². The lowest BCUT2D eigenvalue weighted by Crippen LogP contribution is -2.06. The Balaban J connectivity index is 2.91. The average molecular weight is 257 g/mol. The largest absolute Gasteiger partial charge is 0.490 e. The van der Waals surface area contributed by atoms with Crippen LogP contribution in [0.2, 0.25) is 0 Å². The fourth-order valence-electron chi connectivity index (χ4n) is 1.27. The van der Waals surface area contributed by atoms with Crippen LogP contribution in [0.25, 0.3) is 0 Å². The molecule has 0 N–H and O–H groups in total. The third kappa shape index (κ3) is 4.27. The molecule has 0 fully saturated rings. The normalized spacial score (nSPS) is 10.4. The Morgan fingerprint density at radius 2 is 2.00 bits per heavy atom. The zero-order valence-corrected chi connectivity index (χ0v) is 11.1. The molecule has 1 aromatic rings. The fraction of sp³-hybridized carbons (Fsp3) is 0.462. The lowest BCUT2D eigenvalue weighted by atomic mass is 10.2. The molecule has 1 rings (SSSR count). The fourth-order valence-corrected chi connectivity index (χ4v) is 1.39. The molecule has 0 aliphatic carbocycles. The summed E-state index contributed by atoms with van der Waals surface area (Å²) in [6, 6.07) is 4.95.